The maximum atomic E-state index is 11.8. The van der Waals surface area contributed by atoms with Crippen LogP contribution in [0.5, 0.6) is 0 Å². The quantitative estimate of drug-likeness (QED) is 0.808. The second kappa shape index (κ2) is 4.87. The SMILES string of the molecule is Cn1ccnc1CNC(=O)CC1(N)CCCC1. The van der Waals surface area contributed by atoms with Crippen molar-refractivity contribution < 1.29 is 4.79 Å². The fourth-order valence-electron chi connectivity index (χ4n) is 2.38. The van der Waals surface area contributed by atoms with E-state index < -0.39 is 0 Å². The Labute approximate surface area is 101 Å². The van der Waals surface area contributed by atoms with Crippen LogP contribution in [0.2, 0.25) is 0 Å². The fourth-order valence-corrected chi connectivity index (χ4v) is 2.38. The van der Waals surface area contributed by atoms with Gasteiger partial charge in [-0.25, -0.2) is 4.98 Å². The average Bonchev–Trinajstić information content (AvgIpc) is 2.85. The van der Waals surface area contributed by atoms with Crippen LogP contribution in [0.1, 0.15) is 37.9 Å². The lowest BCUT2D eigenvalue weighted by Gasteiger charge is -2.22. The number of nitrogens with zero attached hydrogens (tertiary/aromatic N) is 2. The molecule has 1 aliphatic rings. The van der Waals surface area contributed by atoms with Crippen LogP contribution in [0.3, 0.4) is 0 Å². The molecule has 5 nitrogen and oxygen atoms in total. The molecule has 1 amide bonds. The summed E-state index contributed by atoms with van der Waals surface area (Å²) in [4.78, 5) is 15.9. The molecule has 0 bridgehead atoms. The zero-order chi connectivity index (χ0) is 12.3. The van der Waals surface area contributed by atoms with E-state index >= 15 is 0 Å². The number of nitrogens with one attached hydrogen (secondary N) is 1. The van der Waals surface area contributed by atoms with Crippen molar-refractivity contribution in [3.63, 3.8) is 0 Å². The van der Waals surface area contributed by atoms with Gasteiger partial charge in [0.05, 0.1) is 6.54 Å². The van der Waals surface area contributed by atoms with Crippen molar-refractivity contribution in [2.24, 2.45) is 12.8 Å². The summed E-state index contributed by atoms with van der Waals surface area (Å²) in [6.45, 7) is 0.471. The van der Waals surface area contributed by atoms with Crippen molar-refractivity contribution in [2.75, 3.05) is 0 Å². The van der Waals surface area contributed by atoms with Crippen molar-refractivity contribution in [1.82, 2.24) is 14.9 Å². The molecule has 2 rings (SSSR count). The fraction of sp³-hybridized carbons (Fsp3) is 0.667. The van der Waals surface area contributed by atoms with E-state index in [0.29, 0.717) is 13.0 Å². The highest BCUT2D eigenvalue weighted by Gasteiger charge is 2.31. The molecule has 1 saturated carbocycles. The highest BCUT2D eigenvalue weighted by molar-refractivity contribution is 5.77. The van der Waals surface area contributed by atoms with Crippen molar-refractivity contribution in [1.29, 1.82) is 0 Å². The molecule has 1 aromatic heterocycles. The number of hydrogen-bond donors (Lipinski definition) is 2. The lowest BCUT2D eigenvalue weighted by Crippen LogP contribution is -2.42. The van der Waals surface area contributed by atoms with Crippen molar-refractivity contribution in [3.05, 3.63) is 18.2 Å². The summed E-state index contributed by atoms with van der Waals surface area (Å²) in [5, 5.41) is 2.88. The third kappa shape index (κ3) is 3.06. The minimum Gasteiger partial charge on any atom is -0.349 e. The largest absolute Gasteiger partial charge is 0.349 e. The third-order valence-corrected chi connectivity index (χ3v) is 3.48. The number of rotatable bonds is 4. The van der Waals surface area contributed by atoms with Gasteiger partial charge < -0.3 is 15.6 Å². The number of aryl methyl sites for hydroxylation is 1. The monoisotopic (exact) mass is 236 g/mol. The maximum absolute atomic E-state index is 11.8. The Bertz CT molecular complexity index is 393. The number of nitrogens with two attached hydrogens (primary N) is 1. The molecule has 94 valence electrons. The van der Waals surface area contributed by atoms with Crippen molar-refractivity contribution in [3.8, 4) is 0 Å². The molecule has 0 atom stereocenters. The number of carbonyl (C=O) groups excluding carboxylic acids is 1. The summed E-state index contributed by atoms with van der Waals surface area (Å²) in [7, 11) is 1.91. The number of hydrogen-bond acceptors (Lipinski definition) is 3. The van der Waals surface area contributed by atoms with E-state index in [4.69, 9.17) is 5.73 Å². The van der Waals surface area contributed by atoms with E-state index in [2.05, 4.69) is 10.3 Å². The minimum atomic E-state index is -0.272. The van der Waals surface area contributed by atoms with E-state index in [9.17, 15) is 4.79 Å². The number of aromatic nitrogens is 2. The van der Waals surface area contributed by atoms with Gasteiger partial charge in [0.25, 0.3) is 0 Å². The van der Waals surface area contributed by atoms with Crippen LogP contribution in [-0.4, -0.2) is 21.0 Å². The normalized spacial score (nSPS) is 18.2. The van der Waals surface area contributed by atoms with Crippen molar-refractivity contribution in [2.45, 2.75) is 44.2 Å². The zero-order valence-electron chi connectivity index (χ0n) is 10.3. The topological polar surface area (TPSA) is 72.9 Å². The lowest BCUT2D eigenvalue weighted by atomic mass is 9.94. The van der Waals surface area contributed by atoms with Gasteiger partial charge in [-0.3, -0.25) is 4.79 Å². The molecule has 1 aliphatic carbocycles. The predicted octanol–water partition coefficient (Wildman–Crippen LogP) is 0.698. The molecular formula is C12H20N4O. The Morgan fingerprint density at radius 2 is 2.29 bits per heavy atom. The molecular weight excluding hydrogens is 216 g/mol. The predicted molar refractivity (Wildman–Crippen MR) is 65.1 cm³/mol. The van der Waals surface area contributed by atoms with Gasteiger partial charge in [-0.05, 0) is 12.8 Å². The molecule has 1 fully saturated rings. The number of amides is 1. The van der Waals surface area contributed by atoms with Crippen LogP contribution < -0.4 is 11.1 Å². The number of imidazole rings is 1. The van der Waals surface area contributed by atoms with Gasteiger partial charge in [-0.15, -0.1) is 0 Å². The Balaban J connectivity index is 1.80. The van der Waals surface area contributed by atoms with Crippen LogP contribution in [-0.2, 0) is 18.4 Å². The zero-order valence-corrected chi connectivity index (χ0v) is 10.3. The minimum absolute atomic E-state index is 0.0254. The first-order chi connectivity index (χ1) is 8.09. The highest BCUT2D eigenvalue weighted by atomic mass is 16.1. The summed E-state index contributed by atoms with van der Waals surface area (Å²) in [5.74, 6) is 0.883. The summed E-state index contributed by atoms with van der Waals surface area (Å²) in [6, 6.07) is 0. The van der Waals surface area contributed by atoms with E-state index in [1.165, 1.54) is 0 Å². The van der Waals surface area contributed by atoms with E-state index in [1.807, 2.05) is 17.8 Å². The van der Waals surface area contributed by atoms with Gasteiger partial charge in [0.1, 0.15) is 5.82 Å². The van der Waals surface area contributed by atoms with Gasteiger partial charge in [-0.1, -0.05) is 12.8 Å². The third-order valence-electron chi connectivity index (χ3n) is 3.48. The van der Waals surface area contributed by atoms with Gasteiger partial charge in [0.15, 0.2) is 0 Å². The van der Waals surface area contributed by atoms with Crippen LogP contribution in [0.4, 0.5) is 0 Å². The molecule has 17 heavy (non-hydrogen) atoms. The standard InChI is InChI=1S/C12H20N4O/c1-16-7-6-14-10(16)9-15-11(17)8-12(13)4-2-3-5-12/h6-7H,2-5,8-9,13H2,1H3,(H,15,17). The Morgan fingerprint density at radius 3 is 2.88 bits per heavy atom. The first-order valence-electron chi connectivity index (χ1n) is 6.11. The van der Waals surface area contributed by atoms with E-state index in [1.54, 1.807) is 6.20 Å². The molecule has 1 aromatic rings. The van der Waals surface area contributed by atoms with E-state index in [-0.39, 0.29) is 11.4 Å². The lowest BCUT2D eigenvalue weighted by molar-refractivity contribution is -0.122. The Kier molecular flexibility index (Phi) is 3.47. The van der Waals surface area contributed by atoms with Crippen LogP contribution in [0.25, 0.3) is 0 Å². The maximum Gasteiger partial charge on any atom is 0.222 e. The number of carbonyl (C=O) groups is 1. The van der Waals surface area contributed by atoms with Crippen LogP contribution >= 0.6 is 0 Å². The summed E-state index contributed by atoms with van der Waals surface area (Å²) in [6.07, 6.45) is 8.22. The van der Waals surface area contributed by atoms with Gasteiger partial charge in [-0.2, -0.15) is 0 Å². The smallest absolute Gasteiger partial charge is 0.222 e. The molecule has 3 N–H and O–H groups in total. The Morgan fingerprint density at radius 1 is 1.59 bits per heavy atom. The van der Waals surface area contributed by atoms with Gasteiger partial charge >= 0.3 is 0 Å². The molecule has 1 heterocycles. The molecule has 0 saturated heterocycles. The molecule has 0 spiro atoms. The van der Waals surface area contributed by atoms with Crippen LogP contribution in [0, 0.1) is 0 Å². The van der Waals surface area contributed by atoms with Gasteiger partial charge in [0, 0.05) is 31.4 Å². The molecule has 0 radical (unpaired) electrons. The van der Waals surface area contributed by atoms with Crippen LogP contribution in [0.15, 0.2) is 12.4 Å². The van der Waals surface area contributed by atoms with Crippen molar-refractivity contribution >= 4 is 5.91 Å². The molecule has 0 unspecified atom stereocenters. The van der Waals surface area contributed by atoms with E-state index in [0.717, 1.165) is 31.5 Å². The second-order valence-corrected chi connectivity index (χ2v) is 4.98. The highest BCUT2D eigenvalue weighted by Crippen LogP contribution is 2.29. The molecule has 0 aromatic carbocycles. The second-order valence-electron chi connectivity index (χ2n) is 4.98. The first kappa shape index (κ1) is 12.1. The van der Waals surface area contributed by atoms with Gasteiger partial charge in [0.2, 0.25) is 5.91 Å². The summed E-state index contributed by atoms with van der Waals surface area (Å²) in [5.41, 5.74) is 5.89. The first-order valence-corrected chi connectivity index (χ1v) is 6.11. The summed E-state index contributed by atoms with van der Waals surface area (Å²) < 4.78 is 1.90. The summed E-state index contributed by atoms with van der Waals surface area (Å²) >= 11 is 0. The Hall–Kier alpha value is -1.36. The molecule has 0 aliphatic heterocycles. The average molecular weight is 236 g/mol. The molecule has 5 heteroatoms.